The van der Waals surface area contributed by atoms with Gasteiger partial charge in [0, 0.05) is 5.69 Å². The Bertz CT molecular complexity index is 355. The maximum Gasteiger partial charge on any atom is 0.211 e. The van der Waals surface area contributed by atoms with Crippen molar-refractivity contribution in [1.29, 1.82) is 0 Å². The van der Waals surface area contributed by atoms with Gasteiger partial charge in [-0.2, -0.15) is 0 Å². The highest BCUT2D eigenvalue weighted by Crippen LogP contribution is 2.25. The van der Waals surface area contributed by atoms with Crippen LogP contribution in [0, 0.1) is 5.82 Å². The number of hydrogen-bond acceptors (Lipinski definition) is 1. The molecule has 4 heteroatoms. The Morgan fingerprint density at radius 3 is 2.87 bits per heavy atom. The van der Waals surface area contributed by atoms with Gasteiger partial charge in [0.15, 0.2) is 0 Å². The fourth-order valence-corrected chi connectivity index (χ4v) is 1.70. The second-order valence-electron chi connectivity index (χ2n) is 3.29. The third kappa shape index (κ3) is 3.30. The van der Waals surface area contributed by atoms with Gasteiger partial charge in [-0.05, 0) is 46.5 Å². The zero-order valence-corrected chi connectivity index (χ0v) is 10.1. The van der Waals surface area contributed by atoms with Gasteiger partial charge in [-0.25, -0.2) is 4.39 Å². The van der Waals surface area contributed by atoms with Crippen LogP contribution in [0.4, 0.5) is 10.1 Å². The van der Waals surface area contributed by atoms with E-state index >= 15 is 0 Å². The lowest BCUT2D eigenvalue weighted by Gasteiger charge is -2.09. The van der Waals surface area contributed by atoms with E-state index in [1.54, 1.807) is 6.07 Å². The number of halogens is 2. The predicted molar refractivity (Wildman–Crippen MR) is 62.4 cm³/mol. The average Bonchev–Trinajstić information content (AvgIpc) is 2.21. The third-order valence-electron chi connectivity index (χ3n) is 2.16. The van der Waals surface area contributed by atoms with Crippen molar-refractivity contribution < 1.29 is 9.18 Å². The summed E-state index contributed by atoms with van der Waals surface area (Å²) in [6.45, 7) is 2.07. The standard InChI is InChI=1S/C11H13BrFNO/c1-2-3-4-8-5-10(13)9(12)6-11(8)14-7-15/h5-7H,2-4H2,1H3,(H,14,15). The van der Waals surface area contributed by atoms with Gasteiger partial charge in [-0.1, -0.05) is 13.3 Å². The molecule has 0 spiro atoms. The number of hydrogen-bond donors (Lipinski definition) is 1. The largest absolute Gasteiger partial charge is 0.328 e. The smallest absolute Gasteiger partial charge is 0.211 e. The number of nitrogens with one attached hydrogen (secondary N) is 1. The summed E-state index contributed by atoms with van der Waals surface area (Å²) in [6.07, 6.45) is 3.40. The summed E-state index contributed by atoms with van der Waals surface area (Å²) in [5.74, 6) is -0.294. The van der Waals surface area contributed by atoms with Crippen LogP contribution in [0.5, 0.6) is 0 Å². The Labute approximate surface area is 97.0 Å². The fraction of sp³-hybridized carbons (Fsp3) is 0.364. The lowest BCUT2D eigenvalue weighted by Crippen LogP contribution is -2.00. The SMILES string of the molecule is CCCCc1cc(F)c(Br)cc1NC=O. The number of benzene rings is 1. The van der Waals surface area contributed by atoms with Crippen molar-refractivity contribution >= 4 is 28.0 Å². The van der Waals surface area contributed by atoms with Crippen LogP contribution < -0.4 is 5.32 Å². The van der Waals surface area contributed by atoms with E-state index in [1.165, 1.54) is 6.07 Å². The summed E-state index contributed by atoms with van der Waals surface area (Å²) in [6, 6.07) is 3.06. The molecule has 0 atom stereocenters. The van der Waals surface area contributed by atoms with E-state index < -0.39 is 0 Å². The first-order chi connectivity index (χ1) is 7.19. The fourth-order valence-electron chi connectivity index (χ4n) is 1.36. The Morgan fingerprint density at radius 1 is 1.53 bits per heavy atom. The van der Waals surface area contributed by atoms with Gasteiger partial charge in [0.05, 0.1) is 4.47 Å². The van der Waals surface area contributed by atoms with Crippen molar-refractivity contribution in [3.05, 3.63) is 28.0 Å². The highest BCUT2D eigenvalue weighted by atomic mass is 79.9. The Hall–Kier alpha value is -0.900. The highest BCUT2D eigenvalue weighted by molar-refractivity contribution is 9.10. The first-order valence-electron chi connectivity index (χ1n) is 4.87. The normalized spacial score (nSPS) is 10.1. The molecule has 1 aromatic rings. The molecule has 1 N–H and O–H groups in total. The van der Waals surface area contributed by atoms with Gasteiger partial charge in [0.2, 0.25) is 6.41 Å². The molecule has 0 fully saturated rings. The van der Waals surface area contributed by atoms with Gasteiger partial charge in [-0.15, -0.1) is 0 Å². The summed E-state index contributed by atoms with van der Waals surface area (Å²) >= 11 is 3.09. The second kappa shape index (κ2) is 5.85. The average molecular weight is 274 g/mol. The summed E-state index contributed by atoms with van der Waals surface area (Å²) in [4.78, 5) is 10.4. The van der Waals surface area contributed by atoms with Crippen LogP contribution in [-0.4, -0.2) is 6.41 Å². The molecule has 0 saturated heterocycles. The van der Waals surface area contributed by atoms with Crippen LogP contribution in [0.15, 0.2) is 16.6 Å². The summed E-state index contributed by atoms with van der Waals surface area (Å²) < 4.78 is 13.6. The lowest BCUT2D eigenvalue weighted by molar-refractivity contribution is -0.105. The van der Waals surface area contributed by atoms with Crippen molar-refractivity contribution in [3.63, 3.8) is 0 Å². The van der Waals surface area contributed by atoms with Crippen LogP contribution in [-0.2, 0) is 11.2 Å². The van der Waals surface area contributed by atoms with Crippen LogP contribution in [0.1, 0.15) is 25.3 Å². The zero-order chi connectivity index (χ0) is 11.3. The highest BCUT2D eigenvalue weighted by Gasteiger charge is 2.07. The molecule has 0 heterocycles. The van der Waals surface area contributed by atoms with Crippen LogP contribution in [0.2, 0.25) is 0 Å². The minimum absolute atomic E-state index is 0.294. The second-order valence-corrected chi connectivity index (χ2v) is 4.14. The number of carbonyl (C=O) groups excluding carboxylic acids is 1. The predicted octanol–water partition coefficient (Wildman–Crippen LogP) is 3.50. The Morgan fingerprint density at radius 2 is 2.27 bits per heavy atom. The van der Waals surface area contributed by atoms with Gasteiger partial charge in [-0.3, -0.25) is 4.79 Å². The summed E-state index contributed by atoms with van der Waals surface area (Å²) in [7, 11) is 0. The molecule has 1 aromatic carbocycles. The van der Waals surface area contributed by atoms with Gasteiger partial charge in [0.25, 0.3) is 0 Å². The molecule has 0 saturated carbocycles. The molecule has 0 radical (unpaired) electrons. The third-order valence-corrected chi connectivity index (χ3v) is 2.77. The molecule has 0 aliphatic heterocycles. The molecule has 82 valence electrons. The number of aryl methyl sites for hydroxylation is 1. The lowest BCUT2D eigenvalue weighted by atomic mass is 10.1. The topological polar surface area (TPSA) is 29.1 Å². The minimum atomic E-state index is -0.294. The quantitative estimate of drug-likeness (QED) is 0.818. The van der Waals surface area contributed by atoms with Gasteiger partial charge in [0.1, 0.15) is 5.82 Å². The molecule has 15 heavy (non-hydrogen) atoms. The van der Waals surface area contributed by atoms with Crippen molar-refractivity contribution in [2.45, 2.75) is 26.2 Å². The van der Waals surface area contributed by atoms with Crippen molar-refractivity contribution in [2.75, 3.05) is 5.32 Å². The maximum absolute atomic E-state index is 13.3. The van der Waals surface area contributed by atoms with E-state index in [4.69, 9.17) is 0 Å². The van der Waals surface area contributed by atoms with E-state index in [1.807, 2.05) is 0 Å². The van der Waals surface area contributed by atoms with E-state index in [0.717, 1.165) is 24.8 Å². The zero-order valence-electron chi connectivity index (χ0n) is 8.52. The summed E-state index contributed by atoms with van der Waals surface area (Å²) in [5.41, 5.74) is 1.51. The van der Waals surface area contributed by atoms with Crippen molar-refractivity contribution in [2.24, 2.45) is 0 Å². The monoisotopic (exact) mass is 273 g/mol. The molecule has 0 unspecified atom stereocenters. The first kappa shape index (κ1) is 12.2. The molecule has 1 amide bonds. The van der Waals surface area contributed by atoms with Gasteiger partial charge < -0.3 is 5.32 Å². The van der Waals surface area contributed by atoms with Crippen LogP contribution in [0.3, 0.4) is 0 Å². The van der Waals surface area contributed by atoms with Crippen molar-refractivity contribution in [3.8, 4) is 0 Å². The summed E-state index contributed by atoms with van der Waals surface area (Å²) in [5, 5.41) is 2.58. The molecule has 0 bridgehead atoms. The molecule has 0 aliphatic carbocycles. The molecular weight excluding hydrogens is 261 g/mol. The number of amides is 1. The van der Waals surface area contributed by atoms with E-state index in [-0.39, 0.29) is 5.82 Å². The number of anilines is 1. The molecule has 0 aromatic heterocycles. The van der Waals surface area contributed by atoms with Crippen molar-refractivity contribution in [1.82, 2.24) is 0 Å². The van der Waals surface area contributed by atoms with Crippen LogP contribution in [0.25, 0.3) is 0 Å². The van der Waals surface area contributed by atoms with E-state index in [0.29, 0.717) is 16.6 Å². The van der Waals surface area contributed by atoms with Gasteiger partial charge >= 0.3 is 0 Å². The number of rotatable bonds is 5. The number of unbranched alkanes of at least 4 members (excludes halogenated alkanes) is 1. The minimum Gasteiger partial charge on any atom is -0.328 e. The van der Waals surface area contributed by atoms with E-state index in [9.17, 15) is 9.18 Å². The molecular formula is C11H13BrFNO. The van der Waals surface area contributed by atoms with Crippen LogP contribution >= 0.6 is 15.9 Å². The molecule has 1 rings (SSSR count). The molecule has 0 aliphatic rings. The first-order valence-corrected chi connectivity index (χ1v) is 5.66. The number of carbonyl (C=O) groups is 1. The van der Waals surface area contributed by atoms with E-state index in [2.05, 4.69) is 28.2 Å². The maximum atomic E-state index is 13.3. The Balaban J connectivity index is 2.98. The Kier molecular flexibility index (Phi) is 4.75. The molecule has 2 nitrogen and oxygen atoms in total.